The minimum absolute atomic E-state index is 0.283. The Kier molecular flexibility index (Phi) is 6.11. The Morgan fingerprint density at radius 1 is 1.27 bits per heavy atom. The fourth-order valence-corrected chi connectivity index (χ4v) is 3.96. The summed E-state index contributed by atoms with van der Waals surface area (Å²) in [6.07, 6.45) is 7.65. The maximum atomic E-state index is 12.2. The van der Waals surface area contributed by atoms with Gasteiger partial charge in [-0.2, -0.15) is 0 Å². The molecule has 7 heteroatoms. The zero-order valence-electron chi connectivity index (χ0n) is 14.3. The molecule has 1 aromatic rings. The number of esters is 1. The predicted octanol–water partition coefficient (Wildman–Crippen LogP) is 3.38. The summed E-state index contributed by atoms with van der Waals surface area (Å²) in [4.78, 5) is 35.3. The monoisotopic (exact) mass is 375 g/mol. The minimum Gasteiger partial charge on any atom is -0.426 e. The number of nitrogens with one attached hydrogen (secondary N) is 1. The van der Waals surface area contributed by atoms with Crippen molar-refractivity contribution in [1.29, 1.82) is 0 Å². The molecule has 2 amide bonds. The molecule has 0 aromatic heterocycles. The molecular weight excluding hydrogens is 354 g/mol. The van der Waals surface area contributed by atoms with Crippen LogP contribution in [0.2, 0.25) is 0 Å². The zero-order valence-corrected chi connectivity index (χ0v) is 15.1. The van der Waals surface area contributed by atoms with Crippen molar-refractivity contribution in [2.45, 2.75) is 45.1 Å². The normalized spacial score (nSPS) is 19.7. The fourth-order valence-electron chi connectivity index (χ4n) is 3.28. The number of amides is 2. The van der Waals surface area contributed by atoms with E-state index in [1.54, 1.807) is 24.3 Å². The molecule has 1 aliphatic carbocycles. The number of carbonyl (C=O) groups is 3. The Hall–Kier alpha value is -2.12. The first-order valence-corrected chi connectivity index (χ1v) is 9.56. The van der Waals surface area contributed by atoms with Crippen molar-refractivity contribution in [3.8, 4) is 5.75 Å². The van der Waals surface area contributed by atoms with E-state index in [-0.39, 0.29) is 12.6 Å². The van der Waals surface area contributed by atoms with Crippen LogP contribution in [0.15, 0.2) is 23.1 Å². The van der Waals surface area contributed by atoms with Crippen LogP contribution in [0.5, 0.6) is 5.75 Å². The first-order valence-electron chi connectivity index (χ1n) is 8.74. The third-order valence-corrected chi connectivity index (χ3v) is 5.41. The molecular formula is C19H21NO5S. The average molecular weight is 375 g/mol. The molecule has 1 aromatic carbocycles. The van der Waals surface area contributed by atoms with Crippen LogP contribution in [0.1, 0.15) is 49.7 Å². The topological polar surface area (TPSA) is 92.7 Å². The molecule has 6 nitrogen and oxygen atoms in total. The summed E-state index contributed by atoms with van der Waals surface area (Å²) in [5.41, 5.74) is 1.11. The molecule has 0 spiro atoms. The van der Waals surface area contributed by atoms with Crippen LogP contribution in [0.3, 0.4) is 0 Å². The van der Waals surface area contributed by atoms with Crippen molar-refractivity contribution in [2.75, 3.05) is 0 Å². The zero-order chi connectivity index (χ0) is 18.5. The van der Waals surface area contributed by atoms with Gasteiger partial charge in [0.1, 0.15) is 5.75 Å². The lowest BCUT2D eigenvalue weighted by atomic mass is 9.87. The Labute approximate surface area is 156 Å². The molecule has 0 radical (unpaired) electrons. The van der Waals surface area contributed by atoms with Gasteiger partial charge in [0, 0.05) is 12.0 Å². The quantitative estimate of drug-likeness (QED) is 0.466. The molecule has 138 valence electrons. The van der Waals surface area contributed by atoms with Crippen molar-refractivity contribution in [1.82, 2.24) is 5.32 Å². The molecule has 1 aliphatic heterocycles. The van der Waals surface area contributed by atoms with Gasteiger partial charge in [-0.25, -0.2) is 0 Å². The van der Waals surface area contributed by atoms with Gasteiger partial charge in [-0.1, -0.05) is 25.3 Å². The van der Waals surface area contributed by atoms with Crippen LogP contribution in [0.4, 0.5) is 4.79 Å². The number of benzene rings is 1. The smallest absolute Gasteiger partial charge is 0.311 e. The largest absolute Gasteiger partial charge is 0.426 e. The lowest BCUT2D eigenvalue weighted by Gasteiger charge is -2.20. The van der Waals surface area contributed by atoms with E-state index < -0.39 is 11.1 Å². The third-order valence-electron chi connectivity index (χ3n) is 4.60. The number of hydrogen-bond donors (Lipinski definition) is 2. The van der Waals surface area contributed by atoms with Gasteiger partial charge in [-0.15, -0.1) is 0 Å². The van der Waals surface area contributed by atoms with Gasteiger partial charge < -0.3 is 9.84 Å². The Bertz CT molecular complexity index is 752. The summed E-state index contributed by atoms with van der Waals surface area (Å²) in [5, 5.41) is 11.4. The van der Waals surface area contributed by atoms with Gasteiger partial charge in [0.15, 0.2) is 0 Å². The number of thioether (sulfide) groups is 1. The highest BCUT2D eigenvalue weighted by atomic mass is 32.2. The standard InChI is InChI=1S/C19H21NO5S/c21-11-14-8-13(9-16-18(23)20-19(24)26-16)6-7-15(14)25-17(22)10-12-4-2-1-3-5-12/h6-9,12,21H,1-5,10-11H2,(H,20,23,24)/b16-9-. The number of carbonyl (C=O) groups excluding carboxylic acids is 3. The SMILES string of the molecule is O=C(CC1CCCCC1)Oc1ccc(/C=C2\SC(=O)NC2=O)cc1CO. The Morgan fingerprint density at radius 3 is 2.69 bits per heavy atom. The van der Waals surface area contributed by atoms with Crippen molar-refractivity contribution < 1.29 is 24.2 Å². The molecule has 2 aliphatic rings. The third kappa shape index (κ3) is 4.74. The molecule has 0 atom stereocenters. The predicted molar refractivity (Wildman–Crippen MR) is 98.3 cm³/mol. The summed E-state index contributed by atoms with van der Waals surface area (Å²) in [5.74, 6) is -0.00843. The van der Waals surface area contributed by atoms with Crippen molar-refractivity contribution in [2.24, 2.45) is 5.92 Å². The molecule has 2 N–H and O–H groups in total. The van der Waals surface area contributed by atoms with Gasteiger partial charge in [-0.05, 0) is 54.3 Å². The van der Waals surface area contributed by atoms with E-state index in [2.05, 4.69) is 5.32 Å². The molecule has 3 rings (SSSR count). The van der Waals surface area contributed by atoms with Crippen LogP contribution in [0, 0.1) is 5.92 Å². The van der Waals surface area contributed by atoms with Gasteiger partial charge in [0.25, 0.3) is 11.1 Å². The van der Waals surface area contributed by atoms with Gasteiger partial charge >= 0.3 is 5.97 Å². The molecule has 1 saturated heterocycles. The first kappa shape index (κ1) is 18.7. The number of imide groups is 1. The number of aliphatic hydroxyl groups is 1. The van der Waals surface area contributed by atoms with E-state index in [1.807, 2.05) is 0 Å². The van der Waals surface area contributed by atoms with Crippen molar-refractivity contribution in [3.63, 3.8) is 0 Å². The molecule has 1 heterocycles. The second-order valence-electron chi connectivity index (χ2n) is 6.56. The summed E-state index contributed by atoms with van der Waals surface area (Å²) in [6, 6.07) is 4.94. The second-order valence-corrected chi connectivity index (χ2v) is 7.57. The lowest BCUT2D eigenvalue weighted by molar-refractivity contribution is -0.135. The van der Waals surface area contributed by atoms with Crippen LogP contribution in [0.25, 0.3) is 6.08 Å². The molecule has 1 saturated carbocycles. The van der Waals surface area contributed by atoms with E-state index in [0.717, 1.165) is 37.4 Å². The number of ether oxygens (including phenoxy) is 1. The summed E-state index contributed by atoms with van der Waals surface area (Å²) in [7, 11) is 0. The first-order chi connectivity index (χ1) is 12.5. The number of rotatable bonds is 5. The summed E-state index contributed by atoms with van der Waals surface area (Å²) >= 11 is 0.830. The van der Waals surface area contributed by atoms with E-state index in [0.29, 0.717) is 34.1 Å². The van der Waals surface area contributed by atoms with Crippen LogP contribution in [-0.2, 0) is 16.2 Å². The van der Waals surface area contributed by atoms with Crippen LogP contribution < -0.4 is 10.1 Å². The maximum Gasteiger partial charge on any atom is 0.311 e. The fraction of sp³-hybridized carbons (Fsp3) is 0.421. The molecule has 26 heavy (non-hydrogen) atoms. The van der Waals surface area contributed by atoms with Gasteiger partial charge in [0.05, 0.1) is 11.5 Å². The highest BCUT2D eigenvalue weighted by Crippen LogP contribution is 2.29. The van der Waals surface area contributed by atoms with Gasteiger partial charge in [-0.3, -0.25) is 19.7 Å². The average Bonchev–Trinajstić information content (AvgIpc) is 2.94. The summed E-state index contributed by atoms with van der Waals surface area (Å²) < 4.78 is 5.44. The highest BCUT2D eigenvalue weighted by Gasteiger charge is 2.25. The number of aliphatic hydroxyl groups excluding tert-OH is 1. The minimum atomic E-state index is -0.437. The molecule has 0 bridgehead atoms. The number of hydrogen-bond acceptors (Lipinski definition) is 6. The second kappa shape index (κ2) is 8.51. The summed E-state index contributed by atoms with van der Waals surface area (Å²) in [6.45, 7) is -0.290. The Morgan fingerprint density at radius 2 is 2.04 bits per heavy atom. The molecule has 0 unspecified atom stereocenters. The van der Waals surface area contributed by atoms with Gasteiger partial charge in [0.2, 0.25) is 0 Å². The van der Waals surface area contributed by atoms with Crippen LogP contribution >= 0.6 is 11.8 Å². The molecule has 2 fully saturated rings. The van der Waals surface area contributed by atoms with Crippen LogP contribution in [-0.4, -0.2) is 22.2 Å². The van der Waals surface area contributed by atoms with E-state index >= 15 is 0 Å². The van der Waals surface area contributed by atoms with Crippen molar-refractivity contribution in [3.05, 3.63) is 34.2 Å². The highest BCUT2D eigenvalue weighted by molar-refractivity contribution is 8.18. The van der Waals surface area contributed by atoms with Crippen molar-refractivity contribution >= 4 is 35.0 Å². The lowest BCUT2D eigenvalue weighted by Crippen LogP contribution is -2.17. The maximum absolute atomic E-state index is 12.2. The van der Waals surface area contributed by atoms with E-state index in [4.69, 9.17) is 4.74 Å². The Balaban J connectivity index is 1.68. The van der Waals surface area contributed by atoms with E-state index in [1.165, 1.54) is 6.42 Å². The van der Waals surface area contributed by atoms with E-state index in [9.17, 15) is 19.5 Å².